The first-order valence-corrected chi connectivity index (χ1v) is 5.90. The van der Waals surface area contributed by atoms with Crippen LogP contribution in [-0.4, -0.2) is 16.8 Å². The SMILES string of the molecule is CNCc1c(C)nn(CC2CCC2)c1C. The fourth-order valence-electron chi connectivity index (χ4n) is 2.26. The molecule has 0 radical (unpaired) electrons. The molecule has 0 spiro atoms. The molecule has 0 atom stereocenters. The molecule has 0 aliphatic heterocycles. The molecule has 1 aliphatic carbocycles. The third-order valence-corrected chi connectivity index (χ3v) is 3.54. The fraction of sp³-hybridized carbons (Fsp3) is 0.750. The zero-order chi connectivity index (χ0) is 10.8. The molecule has 3 heteroatoms. The van der Waals surface area contributed by atoms with Crippen LogP contribution in [0.4, 0.5) is 0 Å². The van der Waals surface area contributed by atoms with E-state index in [1.165, 1.54) is 36.2 Å². The Morgan fingerprint density at radius 2 is 2.13 bits per heavy atom. The molecule has 1 fully saturated rings. The Morgan fingerprint density at radius 3 is 2.67 bits per heavy atom. The summed E-state index contributed by atoms with van der Waals surface area (Å²) in [6, 6.07) is 0. The number of rotatable bonds is 4. The van der Waals surface area contributed by atoms with E-state index in [0.29, 0.717) is 0 Å². The van der Waals surface area contributed by atoms with Crippen molar-refractivity contribution in [2.75, 3.05) is 7.05 Å². The average Bonchev–Trinajstić information content (AvgIpc) is 2.40. The van der Waals surface area contributed by atoms with Crippen molar-refractivity contribution >= 4 is 0 Å². The second-order valence-corrected chi connectivity index (χ2v) is 4.66. The molecule has 1 aliphatic rings. The summed E-state index contributed by atoms with van der Waals surface area (Å²) in [7, 11) is 1.99. The number of nitrogens with one attached hydrogen (secondary N) is 1. The number of aromatic nitrogens is 2. The Morgan fingerprint density at radius 1 is 1.40 bits per heavy atom. The topological polar surface area (TPSA) is 29.9 Å². The standard InChI is InChI=1S/C12H21N3/c1-9-12(7-13-3)10(2)15(14-9)8-11-5-4-6-11/h11,13H,4-8H2,1-3H3. The van der Waals surface area contributed by atoms with E-state index in [2.05, 4.69) is 28.9 Å². The zero-order valence-corrected chi connectivity index (χ0v) is 10.0. The van der Waals surface area contributed by atoms with Gasteiger partial charge in [0.15, 0.2) is 0 Å². The maximum atomic E-state index is 4.63. The third kappa shape index (κ3) is 2.07. The molecule has 0 bridgehead atoms. The van der Waals surface area contributed by atoms with Gasteiger partial charge in [0.05, 0.1) is 5.69 Å². The van der Waals surface area contributed by atoms with Gasteiger partial charge in [0.2, 0.25) is 0 Å². The van der Waals surface area contributed by atoms with Crippen molar-refractivity contribution in [2.24, 2.45) is 5.92 Å². The van der Waals surface area contributed by atoms with Crippen LogP contribution < -0.4 is 5.32 Å². The highest BCUT2D eigenvalue weighted by atomic mass is 15.3. The number of nitrogens with zero attached hydrogens (tertiary/aromatic N) is 2. The first-order valence-electron chi connectivity index (χ1n) is 5.90. The van der Waals surface area contributed by atoms with E-state index in [4.69, 9.17) is 0 Å². The fourth-order valence-corrected chi connectivity index (χ4v) is 2.26. The van der Waals surface area contributed by atoms with Gasteiger partial charge in [0, 0.05) is 24.3 Å². The van der Waals surface area contributed by atoms with E-state index in [1.54, 1.807) is 0 Å². The largest absolute Gasteiger partial charge is 0.316 e. The minimum atomic E-state index is 0.880. The first kappa shape index (κ1) is 10.7. The van der Waals surface area contributed by atoms with Crippen LogP contribution in [0.2, 0.25) is 0 Å². The highest BCUT2D eigenvalue weighted by Gasteiger charge is 2.20. The summed E-state index contributed by atoms with van der Waals surface area (Å²) in [6.45, 7) is 6.35. The van der Waals surface area contributed by atoms with Gasteiger partial charge in [0.25, 0.3) is 0 Å². The monoisotopic (exact) mass is 207 g/mol. The molecule has 0 unspecified atom stereocenters. The van der Waals surface area contributed by atoms with E-state index >= 15 is 0 Å². The maximum absolute atomic E-state index is 4.63. The summed E-state index contributed by atoms with van der Waals surface area (Å²) in [6.07, 6.45) is 4.19. The minimum absolute atomic E-state index is 0.880. The number of hydrogen-bond acceptors (Lipinski definition) is 2. The van der Waals surface area contributed by atoms with Crippen molar-refractivity contribution in [3.8, 4) is 0 Å². The van der Waals surface area contributed by atoms with Crippen LogP contribution in [-0.2, 0) is 13.1 Å². The predicted molar refractivity (Wildman–Crippen MR) is 61.8 cm³/mol. The van der Waals surface area contributed by atoms with Crippen LogP contribution in [0.25, 0.3) is 0 Å². The Balaban J connectivity index is 2.12. The highest BCUT2D eigenvalue weighted by Crippen LogP contribution is 2.28. The van der Waals surface area contributed by atoms with E-state index in [0.717, 1.165) is 19.0 Å². The van der Waals surface area contributed by atoms with Gasteiger partial charge in [-0.15, -0.1) is 0 Å². The van der Waals surface area contributed by atoms with Crippen LogP contribution in [0, 0.1) is 19.8 Å². The molecule has 1 N–H and O–H groups in total. The van der Waals surface area contributed by atoms with Gasteiger partial charge < -0.3 is 5.32 Å². The summed E-state index contributed by atoms with van der Waals surface area (Å²) >= 11 is 0. The molecule has 0 saturated heterocycles. The predicted octanol–water partition coefficient (Wildman–Crippen LogP) is 2.02. The van der Waals surface area contributed by atoms with E-state index < -0.39 is 0 Å². The van der Waals surface area contributed by atoms with Crippen molar-refractivity contribution in [2.45, 2.75) is 46.2 Å². The van der Waals surface area contributed by atoms with Crippen molar-refractivity contribution < 1.29 is 0 Å². The molecule has 1 aromatic rings. The quantitative estimate of drug-likeness (QED) is 0.818. The van der Waals surface area contributed by atoms with Gasteiger partial charge >= 0.3 is 0 Å². The molecular formula is C12H21N3. The first-order chi connectivity index (χ1) is 7.22. The molecule has 1 heterocycles. The van der Waals surface area contributed by atoms with Gasteiger partial charge in [-0.25, -0.2) is 0 Å². The lowest BCUT2D eigenvalue weighted by Gasteiger charge is -2.25. The lowest BCUT2D eigenvalue weighted by Crippen LogP contribution is -2.19. The van der Waals surface area contributed by atoms with Crippen LogP contribution >= 0.6 is 0 Å². The maximum Gasteiger partial charge on any atom is 0.0641 e. The summed E-state index contributed by atoms with van der Waals surface area (Å²) < 4.78 is 2.20. The Bertz CT molecular complexity index is 337. The van der Waals surface area contributed by atoms with Crippen LogP contribution in [0.15, 0.2) is 0 Å². The van der Waals surface area contributed by atoms with Crippen molar-refractivity contribution in [1.82, 2.24) is 15.1 Å². The second-order valence-electron chi connectivity index (χ2n) is 4.66. The normalized spacial score (nSPS) is 16.7. The lowest BCUT2D eigenvalue weighted by atomic mass is 9.85. The lowest BCUT2D eigenvalue weighted by molar-refractivity contribution is 0.264. The molecule has 1 aromatic heterocycles. The van der Waals surface area contributed by atoms with Gasteiger partial charge in [-0.05, 0) is 39.7 Å². The smallest absolute Gasteiger partial charge is 0.0641 e. The molecule has 2 rings (SSSR count). The van der Waals surface area contributed by atoms with E-state index in [-0.39, 0.29) is 0 Å². The number of hydrogen-bond donors (Lipinski definition) is 1. The summed E-state index contributed by atoms with van der Waals surface area (Å²) in [4.78, 5) is 0. The Kier molecular flexibility index (Phi) is 3.10. The van der Waals surface area contributed by atoms with Gasteiger partial charge in [-0.2, -0.15) is 5.10 Å². The minimum Gasteiger partial charge on any atom is -0.316 e. The molecule has 15 heavy (non-hydrogen) atoms. The Labute approximate surface area is 91.9 Å². The van der Waals surface area contributed by atoms with Gasteiger partial charge in [0.1, 0.15) is 0 Å². The molecule has 1 saturated carbocycles. The van der Waals surface area contributed by atoms with Crippen LogP contribution in [0.5, 0.6) is 0 Å². The van der Waals surface area contributed by atoms with E-state index in [9.17, 15) is 0 Å². The molecule has 3 nitrogen and oxygen atoms in total. The van der Waals surface area contributed by atoms with Crippen LogP contribution in [0.3, 0.4) is 0 Å². The summed E-state index contributed by atoms with van der Waals surface area (Å²) in [5, 5.41) is 7.83. The summed E-state index contributed by atoms with van der Waals surface area (Å²) in [5.74, 6) is 0.880. The van der Waals surface area contributed by atoms with E-state index in [1.807, 2.05) is 7.05 Å². The third-order valence-electron chi connectivity index (χ3n) is 3.54. The van der Waals surface area contributed by atoms with Crippen molar-refractivity contribution in [3.63, 3.8) is 0 Å². The molecule has 84 valence electrons. The zero-order valence-electron chi connectivity index (χ0n) is 10.0. The summed E-state index contributed by atoms with van der Waals surface area (Å²) in [5.41, 5.74) is 3.90. The Hall–Kier alpha value is -0.830. The van der Waals surface area contributed by atoms with Crippen LogP contribution in [0.1, 0.15) is 36.2 Å². The van der Waals surface area contributed by atoms with Crippen molar-refractivity contribution in [1.29, 1.82) is 0 Å². The average molecular weight is 207 g/mol. The molecule has 0 aromatic carbocycles. The highest BCUT2D eigenvalue weighted by molar-refractivity contribution is 5.24. The number of aryl methyl sites for hydroxylation is 1. The second kappa shape index (κ2) is 4.35. The molecular weight excluding hydrogens is 186 g/mol. The van der Waals surface area contributed by atoms with Crippen molar-refractivity contribution in [3.05, 3.63) is 17.0 Å². The van der Waals surface area contributed by atoms with Gasteiger partial charge in [-0.3, -0.25) is 4.68 Å². The molecule has 0 amide bonds. The van der Waals surface area contributed by atoms with Gasteiger partial charge in [-0.1, -0.05) is 6.42 Å².